The smallest absolute Gasteiger partial charge is 0.267 e. The third kappa shape index (κ3) is 3.87. The van der Waals surface area contributed by atoms with E-state index in [9.17, 15) is 9.59 Å². The van der Waals surface area contributed by atoms with E-state index in [0.29, 0.717) is 28.9 Å². The molecule has 0 unspecified atom stereocenters. The summed E-state index contributed by atoms with van der Waals surface area (Å²) in [7, 11) is 0. The molecule has 1 aromatic heterocycles. The van der Waals surface area contributed by atoms with Crippen molar-refractivity contribution in [2.45, 2.75) is 13.5 Å². The van der Waals surface area contributed by atoms with E-state index in [0.717, 1.165) is 11.1 Å². The third-order valence-corrected chi connectivity index (χ3v) is 4.04. The van der Waals surface area contributed by atoms with Crippen LogP contribution in [0.15, 0.2) is 60.8 Å². The second-order valence-corrected chi connectivity index (χ2v) is 5.99. The maximum Gasteiger partial charge on any atom is 0.267 e. The number of hydrogen-bond donors (Lipinski definition) is 2. The van der Waals surface area contributed by atoms with E-state index in [1.807, 2.05) is 19.1 Å². The molecule has 0 radical (unpaired) electrons. The molecule has 0 fully saturated rings. The number of aryl methyl sites for hydroxylation is 1. The second-order valence-electron chi connectivity index (χ2n) is 5.99. The summed E-state index contributed by atoms with van der Waals surface area (Å²) in [5.74, 6) is -0.426. The van der Waals surface area contributed by atoms with Crippen LogP contribution in [-0.2, 0) is 6.54 Å². The number of nitriles is 1. The lowest BCUT2D eigenvalue weighted by atomic mass is 10.0. The van der Waals surface area contributed by atoms with Gasteiger partial charge in [-0.25, -0.2) is 0 Å². The van der Waals surface area contributed by atoms with Gasteiger partial charge in [-0.15, -0.1) is 0 Å². The van der Waals surface area contributed by atoms with Gasteiger partial charge in [0, 0.05) is 23.9 Å². The van der Waals surface area contributed by atoms with E-state index < -0.39 is 0 Å². The highest BCUT2D eigenvalue weighted by Gasteiger charge is 2.14. The minimum Gasteiger partial charge on any atom is -0.356 e. The van der Waals surface area contributed by atoms with E-state index in [4.69, 9.17) is 5.26 Å². The number of H-pyrrole nitrogens is 1. The average molecular weight is 343 g/mol. The minimum absolute atomic E-state index is 0.132. The molecule has 1 amide bonds. The van der Waals surface area contributed by atoms with E-state index in [1.165, 1.54) is 0 Å². The van der Waals surface area contributed by atoms with Crippen LogP contribution < -0.4 is 5.32 Å². The predicted molar refractivity (Wildman–Crippen MR) is 97.7 cm³/mol. The SMILES string of the molecule is Cc1ccc(C(=O)c2c[nH]c(C(=O)NCc3ccc(C#N)cc3)c2)cc1. The van der Waals surface area contributed by atoms with Crippen LogP contribution in [0.1, 0.15) is 43.1 Å². The highest BCUT2D eigenvalue weighted by Crippen LogP contribution is 2.12. The number of amides is 1. The van der Waals surface area contributed by atoms with E-state index in [1.54, 1.807) is 48.7 Å². The van der Waals surface area contributed by atoms with Gasteiger partial charge in [0.15, 0.2) is 5.78 Å². The Kier molecular flexibility index (Phi) is 4.95. The summed E-state index contributed by atoms with van der Waals surface area (Å²) in [5, 5.41) is 11.6. The molecule has 128 valence electrons. The van der Waals surface area contributed by atoms with Crippen molar-refractivity contribution in [3.8, 4) is 6.07 Å². The third-order valence-electron chi connectivity index (χ3n) is 4.04. The Morgan fingerprint density at radius 3 is 2.38 bits per heavy atom. The standard InChI is InChI=1S/C21H17N3O2/c1-14-2-8-17(9-3-14)20(25)18-10-19(23-13-18)21(26)24-12-16-6-4-15(11-22)5-7-16/h2-10,13,23H,12H2,1H3,(H,24,26). The number of aromatic nitrogens is 1. The van der Waals surface area contributed by atoms with Gasteiger partial charge in [-0.3, -0.25) is 9.59 Å². The molecule has 0 spiro atoms. The van der Waals surface area contributed by atoms with Gasteiger partial charge in [0.1, 0.15) is 5.69 Å². The molecule has 2 aromatic carbocycles. The van der Waals surface area contributed by atoms with Crippen LogP contribution in [0.3, 0.4) is 0 Å². The number of aromatic amines is 1. The summed E-state index contributed by atoms with van der Waals surface area (Å²) in [4.78, 5) is 27.6. The van der Waals surface area contributed by atoms with Gasteiger partial charge < -0.3 is 10.3 Å². The zero-order valence-corrected chi connectivity index (χ0v) is 14.2. The molecule has 0 saturated carbocycles. The van der Waals surface area contributed by atoms with Gasteiger partial charge in [0.05, 0.1) is 11.6 Å². The van der Waals surface area contributed by atoms with E-state index in [-0.39, 0.29) is 11.7 Å². The van der Waals surface area contributed by atoms with Crippen molar-refractivity contribution in [2.75, 3.05) is 0 Å². The molecule has 2 N–H and O–H groups in total. The molecule has 3 aromatic rings. The lowest BCUT2D eigenvalue weighted by molar-refractivity contribution is 0.0946. The largest absolute Gasteiger partial charge is 0.356 e. The fourth-order valence-electron chi connectivity index (χ4n) is 2.50. The van der Waals surface area contributed by atoms with Gasteiger partial charge >= 0.3 is 0 Å². The van der Waals surface area contributed by atoms with Crippen molar-refractivity contribution in [1.82, 2.24) is 10.3 Å². The van der Waals surface area contributed by atoms with E-state index >= 15 is 0 Å². The molecule has 0 atom stereocenters. The summed E-state index contributed by atoms with van der Waals surface area (Å²) in [6.45, 7) is 2.30. The van der Waals surface area contributed by atoms with Crippen molar-refractivity contribution >= 4 is 11.7 Å². The molecule has 1 heterocycles. The van der Waals surface area contributed by atoms with Crippen LogP contribution in [0.25, 0.3) is 0 Å². The molecule has 0 aliphatic rings. The van der Waals surface area contributed by atoms with Crippen LogP contribution in [-0.4, -0.2) is 16.7 Å². The molecular formula is C21H17N3O2. The van der Waals surface area contributed by atoms with Gasteiger partial charge in [-0.2, -0.15) is 5.26 Å². The Morgan fingerprint density at radius 1 is 1.04 bits per heavy atom. The summed E-state index contributed by atoms with van der Waals surface area (Å²) in [6.07, 6.45) is 1.54. The van der Waals surface area contributed by atoms with Gasteiger partial charge in [0.25, 0.3) is 5.91 Å². The van der Waals surface area contributed by atoms with Crippen molar-refractivity contribution < 1.29 is 9.59 Å². The number of benzene rings is 2. The Labute approximate surface area is 151 Å². The van der Waals surface area contributed by atoms with Crippen molar-refractivity contribution in [3.63, 3.8) is 0 Å². The highest BCUT2D eigenvalue weighted by atomic mass is 16.2. The number of rotatable bonds is 5. The Balaban J connectivity index is 1.64. The topological polar surface area (TPSA) is 85.8 Å². The van der Waals surface area contributed by atoms with Crippen molar-refractivity contribution in [1.29, 1.82) is 5.26 Å². The van der Waals surface area contributed by atoms with Crippen LogP contribution >= 0.6 is 0 Å². The first kappa shape index (κ1) is 17.2. The Morgan fingerprint density at radius 2 is 1.73 bits per heavy atom. The summed E-state index contributed by atoms with van der Waals surface area (Å²) >= 11 is 0. The summed E-state index contributed by atoms with van der Waals surface area (Å²) in [6, 6.07) is 17.9. The molecule has 0 aliphatic heterocycles. The molecule has 5 heteroatoms. The average Bonchev–Trinajstić information content (AvgIpc) is 3.17. The van der Waals surface area contributed by atoms with E-state index in [2.05, 4.69) is 16.4 Å². The number of carbonyl (C=O) groups excluding carboxylic acids is 2. The molecule has 0 saturated heterocycles. The highest BCUT2D eigenvalue weighted by molar-refractivity contribution is 6.10. The molecule has 0 bridgehead atoms. The minimum atomic E-state index is -0.294. The number of ketones is 1. The van der Waals surface area contributed by atoms with Crippen LogP contribution in [0.5, 0.6) is 0 Å². The molecule has 3 rings (SSSR count). The predicted octanol–water partition coefficient (Wildman–Crippen LogP) is 3.36. The Hall–Kier alpha value is -3.65. The van der Waals surface area contributed by atoms with Crippen LogP contribution in [0.2, 0.25) is 0 Å². The summed E-state index contributed by atoms with van der Waals surface area (Å²) in [5.41, 5.74) is 3.90. The maximum absolute atomic E-state index is 12.5. The van der Waals surface area contributed by atoms with Crippen molar-refractivity contribution in [2.24, 2.45) is 0 Å². The van der Waals surface area contributed by atoms with Gasteiger partial charge in [-0.1, -0.05) is 42.0 Å². The quantitative estimate of drug-likeness (QED) is 0.697. The molecule has 0 aliphatic carbocycles. The second kappa shape index (κ2) is 7.49. The Bertz CT molecular complexity index is 977. The lowest BCUT2D eigenvalue weighted by Gasteiger charge is -2.04. The first-order valence-electron chi connectivity index (χ1n) is 8.14. The van der Waals surface area contributed by atoms with Crippen molar-refractivity contribution in [3.05, 3.63) is 94.3 Å². The zero-order valence-electron chi connectivity index (χ0n) is 14.2. The van der Waals surface area contributed by atoms with Gasteiger partial charge in [0.2, 0.25) is 0 Å². The number of hydrogen-bond acceptors (Lipinski definition) is 3. The maximum atomic E-state index is 12.5. The molecule has 5 nitrogen and oxygen atoms in total. The fourth-order valence-corrected chi connectivity index (χ4v) is 2.50. The lowest BCUT2D eigenvalue weighted by Crippen LogP contribution is -2.23. The number of carbonyl (C=O) groups is 2. The zero-order chi connectivity index (χ0) is 18.5. The first-order chi connectivity index (χ1) is 12.6. The fraction of sp³-hybridized carbons (Fsp3) is 0.0952. The first-order valence-corrected chi connectivity index (χ1v) is 8.14. The molecular weight excluding hydrogens is 326 g/mol. The van der Waals surface area contributed by atoms with Gasteiger partial charge in [-0.05, 0) is 30.7 Å². The normalized spacial score (nSPS) is 10.2. The number of nitrogens with zero attached hydrogens (tertiary/aromatic N) is 1. The summed E-state index contributed by atoms with van der Waals surface area (Å²) < 4.78 is 0. The number of nitrogens with one attached hydrogen (secondary N) is 2. The molecule has 26 heavy (non-hydrogen) atoms. The van der Waals surface area contributed by atoms with Crippen LogP contribution in [0, 0.1) is 18.3 Å². The monoisotopic (exact) mass is 343 g/mol. The van der Waals surface area contributed by atoms with Crippen LogP contribution in [0.4, 0.5) is 0 Å².